The number of pyridine rings is 1. The number of amides is 2. The molecule has 7 nitrogen and oxygen atoms in total. The van der Waals surface area contributed by atoms with Crippen LogP contribution in [0.2, 0.25) is 0 Å². The number of carbonyl (C=O) groups is 2. The second-order valence-corrected chi connectivity index (χ2v) is 4.98. The van der Waals surface area contributed by atoms with Crippen molar-refractivity contribution in [3.05, 3.63) is 29.6 Å². The van der Waals surface area contributed by atoms with Crippen LogP contribution in [0.4, 0.5) is 0 Å². The third kappa shape index (κ3) is 3.99. The van der Waals surface area contributed by atoms with Gasteiger partial charge in [-0.15, -0.1) is 0 Å². The van der Waals surface area contributed by atoms with Gasteiger partial charge in [0.15, 0.2) is 0 Å². The molecule has 0 bridgehead atoms. The van der Waals surface area contributed by atoms with Crippen LogP contribution in [-0.4, -0.2) is 66.4 Å². The van der Waals surface area contributed by atoms with Crippen LogP contribution in [0.25, 0.3) is 0 Å². The molecule has 1 aromatic heterocycles. The van der Waals surface area contributed by atoms with Gasteiger partial charge in [-0.25, -0.2) is 0 Å². The first kappa shape index (κ1) is 15.4. The maximum atomic E-state index is 12.4. The highest BCUT2D eigenvalue weighted by molar-refractivity contribution is 5.94. The van der Waals surface area contributed by atoms with E-state index >= 15 is 0 Å². The highest BCUT2D eigenvalue weighted by atomic mass is 16.2. The summed E-state index contributed by atoms with van der Waals surface area (Å²) >= 11 is 0. The number of nitrogens with two attached hydrogens (primary N) is 1. The van der Waals surface area contributed by atoms with Crippen LogP contribution in [-0.2, 0) is 11.3 Å². The molecule has 7 heteroatoms. The SMILES string of the molecule is CNC(=O)CN1CCN(C(=O)c2ccnc(CN)c2)CC1. The minimum absolute atomic E-state index is 0.00324. The fourth-order valence-corrected chi connectivity index (χ4v) is 2.30. The van der Waals surface area contributed by atoms with E-state index in [0.717, 1.165) is 0 Å². The van der Waals surface area contributed by atoms with Gasteiger partial charge in [0.1, 0.15) is 0 Å². The molecule has 114 valence electrons. The standard InChI is InChI=1S/C14H21N5O2/c1-16-13(20)10-18-4-6-19(7-5-18)14(21)11-2-3-17-12(8-11)9-15/h2-3,8H,4-7,9-10,15H2,1H3,(H,16,20). The number of carbonyl (C=O) groups excluding carboxylic acids is 2. The number of aromatic nitrogens is 1. The second kappa shape index (κ2) is 7.14. The highest BCUT2D eigenvalue weighted by Crippen LogP contribution is 2.09. The lowest BCUT2D eigenvalue weighted by Crippen LogP contribution is -2.50. The van der Waals surface area contributed by atoms with Crippen LogP contribution >= 0.6 is 0 Å². The number of rotatable bonds is 4. The Morgan fingerprint density at radius 1 is 1.33 bits per heavy atom. The Balaban J connectivity index is 1.92. The van der Waals surface area contributed by atoms with Gasteiger partial charge in [-0.1, -0.05) is 0 Å². The summed E-state index contributed by atoms with van der Waals surface area (Å²) in [5.74, 6) is -0.0109. The molecule has 0 atom stereocenters. The van der Waals surface area contributed by atoms with E-state index in [9.17, 15) is 9.59 Å². The van der Waals surface area contributed by atoms with Crippen LogP contribution in [0.3, 0.4) is 0 Å². The van der Waals surface area contributed by atoms with Gasteiger partial charge >= 0.3 is 0 Å². The van der Waals surface area contributed by atoms with Gasteiger partial charge in [0.05, 0.1) is 12.2 Å². The Labute approximate surface area is 124 Å². The first-order chi connectivity index (χ1) is 10.1. The predicted molar refractivity (Wildman–Crippen MR) is 78.5 cm³/mol. The largest absolute Gasteiger partial charge is 0.358 e. The lowest BCUT2D eigenvalue weighted by molar-refractivity contribution is -0.122. The predicted octanol–water partition coefficient (Wildman–Crippen LogP) is -0.956. The van der Waals surface area contributed by atoms with Crippen molar-refractivity contribution in [3.63, 3.8) is 0 Å². The molecule has 3 N–H and O–H groups in total. The Bertz CT molecular complexity index is 512. The maximum absolute atomic E-state index is 12.4. The molecular weight excluding hydrogens is 270 g/mol. The molecule has 0 unspecified atom stereocenters. The Morgan fingerprint density at radius 3 is 2.67 bits per heavy atom. The summed E-state index contributed by atoms with van der Waals surface area (Å²) in [6.45, 7) is 3.35. The first-order valence-electron chi connectivity index (χ1n) is 7.01. The van der Waals surface area contributed by atoms with Crippen LogP contribution < -0.4 is 11.1 Å². The number of piperazine rings is 1. The zero-order valence-electron chi connectivity index (χ0n) is 12.2. The molecule has 1 fully saturated rings. The van der Waals surface area contributed by atoms with Crippen LogP contribution in [0.15, 0.2) is 18.3 Å². The summed E-state index contributed by atoms with van der Waals surface area (Å²) in [6, 6.07) is 3.44. The molecule has 1 aromatic rings. The molecule has 0 aromatic carbocycles. The van der Waals surface area contributed by atoms with Crippen molar-refractivity contribution in [2.24, 2.45) is 5.73 Å². The summed E-state index contributed by atoms with van der Waals surface area (Å²) in [4.78, 5) is 31.7. The Kier molecular flexibility index (Phi) is 5.24. The molecule has 2 rings (SSSR count). The third-order valence-corrected chi connectivity index (χ3v) is 3.58. The van der Waals surface area contributed by atoms with Gasteiger partial charge < -0.3 is 16.0 Å². The number of hydrogen-bond donors (Lipinski definition) is 2. The van der Waals surface area contributed by atoms with Crippen molar-refractivity contribution in [1.82, 2.24) is 20.1 Å². The van der Waals surface area contributed by atoms with Crippen molar-refractivity contribution in [2.45, 2.75) is 6.54 Å². The van der Waals surface area contributed by atoms with E-state index in [1.54, 1.807) is 30.3 Å². The summed E-state index contributed by atoms with van der Waals surface area (Å²) in [7, 11) is 1.63. The Hall–Kier alpha value is -1.99. The van der Waals surface area contributed by atoms with Crippen LogP contribution in [0.1, 0.15) is 16.1 Å². The minimum Gasteiger partial charge on any atom is -0.358 e. The third-order valence-electron chi connectivity index (χ3n) is 3.58. The fourth-order valence-electron chi connectivity index (χ4n) is 2.30. The van der Waals surface area contributed by atoms with E-state index in [-0.39, 0.29) is 11.8 Å². The summed E-state index contributed by atoms with van der Waals surface area (Å²) < 4.78 is 0. The molecule has 2 amide bonds. The molecule has 0 aliphatic carbocycles. The number of hydrogen-bond acceptors (Lipinski definition) is 5. The molecule has 0 radical (unpaired) electrons. The molecule has 2 heterocycles. The summed E-state index contributed by atoms with van der Waals surface area (Å²) in [5, 5.41) is 2.60. The molecule has 21 heavy (non-hydrogen) atoms. The normalized spacial score (nSPS) is 15.8. The van der Waals surface area contributed by atoms with Gasteiger partial charge in [0.2, 0.25) is 5.91 Å². The highest BCUT2D eigenvalue weighted by Gasteiger charge is 2.23. The van der Waals surface area contributed by atoms with Crippen LogP contribution in [0, 0.1) is 0 Å². The smallest absolute Gasteiger partial charge is 0.254 e. The summed E-state index contributed by atoms with van der Waals surface area (Å²) in [5.41, 5.74) is 6.87. The van der Waals surface area contributed by atoms with Crippen molar-refractivity contribution in [2.75, 3.05) is 39.8 Å². The van der Waals surface area contributed by atoms with Gasteiger partial charge in [0.25, 0.3) is 5.91 Å². The van der Waals surface area contributed by atoms with E-state index < -0.39 is 0 Å². The van der Waals surface area contributed by atoms with Crippen molar-refractivity contribution < 1.29 is 9.59 Å². The van der Waals surface area contributed by atoms with E-state index in [1.807, 2.05) is 4.90 Å². The van der Waals surface area contributed by atoms with E-state index in [4.69, 9.17) is 5.73 Å². The fraction of sp³-hybridized carbons (Fsp3) is 0.500. The zero-order chi connectivity index (χ0) is 15.2. The average molecular weight is 291 g/mol. The van der Waals surface area contributed by atoms with E-state index in [2.05, 4.69) is 10.3 Å². The lowest BCUT2D eigenvalue weighted by Gasteiger charge is -2.34. The topological polar surface area (TPSA) is 91.6 Å². The molecule has 1 aliphatic heterocycles. The molecule has 0 spiro atoms. The zero-order valence-corrected chi connectivity index (χ0v) is 12.2. The quantitative estimate of drug-likeness (QED) is 0.746. The van der Waals surface area contributed by atoms with E-state index in [1.165, 1.54) is 0 Å². The number of nitrogens with zero attached hydrogens (tertiary/aromatic N) is 3. The maximum Gasteiger partial charge on any atom is 0.254 e. The monoisotopic (exact) mass is 291 g/mol. The van der Waals surface area contributed by atoms with Crippen molar-refractivity contribution in [1.29, 1.82) is 0 Å². The van der Waals surface area contributed by atoms with Gasteiger partial charge in [0, 0.05) is 51.5 Å². The average Bonchev–Trinajstić information content (AvgIpc) is 2.54. The minimum atomic E-state index is -0.00769. The van der Waals surface area contributed by atoms with Gasteiger partial charge in [-0.3, -0.25) is 19.5 Å². The first-order valence-corrected chi connectivity index (χ1v) is 7.01. The van der Waals surface area contributed by atoms with Crippen molar-refractivity contribution >= 4 is 11.8 Å². The van der Waals surface area contributed by atoms with Crippen LogP contribution in [0.5, 0.6) is 0 Å². The van der Waals surface area contributed by atoms with Crippen molar-refractivity contribution in [3.8, 4) is 0 Å². The van der Waals surface area contributed by atoms with Gasteiger partial charge in [-0.2, -0.15) is 0 Å². The molecule has 1 saturated heterocycles. The van der Waals surface area contributed by atoms with Gasteiger partial charge in [-0.05, 0) is 12.1 Å². The second-order valence-electron chi connectivity index (χ2n) is 4.98. The number of nitrogens with one attached hydrogen (secondary N) is 1. The summed E-state index contributed by atoms with van der Waals surface area (Å²) in [6.07, 6.45) is 1.61. The lowest BCUT2D eigenvalue weighted by atomic mass is 10.2. The molecule has 1 aliphatic rings. The molecular formula is C14H21N5O2. The van der Waals surface area contributed by atoms with E-state index in [0.29, 0.717) is 50.5 Å². The molecule has 0 saturated carbocycles. The number of likely N-dealkylation sites (N-methyl/N-ethyl adjacent to an activating group) is 1. The Morgan fingerprint density at radius 2 is 2.05 bits per heavy atom.